The molecule has 1 aliphatic carbocycles. The molecule has 4 aliphatic rings. The Balaban J connectivity index is 0.00000562. The van der Waals surface area contributed by atoms with Gasteiger partial charge in [-0.15, -0.1) is 11.6 Å². The number of benzene rings is 5. The van der Waals surface area contributed by atoms with Gasteiger partial charge in [-0.05, 0) is 114 Å². The molecule has 1 atom stereocenters. The molecular formula is C58H48Cl2N4O3. The van der Waals surface area contributed by atoms with E-state index in [1.54, 1.807) is 0 Å². The van der Waals surface area contributed by atoms with Crippen molar-refractivity contribution in [2.24, 2.45) is 7.05 Å². The van der Waals surface area contributed by atoms with Crippen LogP contribution in [-0.4, -0.2) is 19.0 Å². The number of allylic oxidation sites excluding steroid dienone is 17. The molecule has 67 heavy (non-hydrogen) atoms. The van der Waals surface area contributed by atoms with Crippen molar-refractivity contribution < 1.29 is 30.9 Å². The van der Waals surface area contributed by atoms with E-state index in [2.05, 4.69) is 183 Å². The highest BCUT2D eigenvalue weighted by molar-refractivity contribution is 6.25. The number of fused-ring (bicyclic) bond motifs is 3. The summed E-state index contributed by atoms with van der Waals surface area (Å²) in [6.45, 7) is 2.57. The van der Waals surface area contributed by atoms with Crippen LogP contribution >= 0.6 is 11.6 Å². The van der Waals surface area contributed by atoms with Gasteiger partial charge in [-0.2, -0.15) is 4.57 Å². The number of rotatable bonds is 10. The predicted molar refractivity (Wildman–Crippen MR) is 271 cm³/mol. The summed E-state index contributed by atoms with van der Waals surface area (Å²) in [7, 11) is 4.06. The van der Waals surface area contributed by atoms with Gasteiger partial charge in [0.1, 0.15) is 12.8 Å². The highest BCUT2D eigenvalue weighted by Crippen LogP contribution is 2.45. The molecule has 332 valence electrons. The first-order valence-corrected chi connectivity index (χ1v) is 22.5. The number of alkyl halides is 1. The van der Waals surface area contributed by atoms with Crippen molar-refractivity contribution in [1.82, 2.24) is 0 Å². The van der Waals surface area contributed by atoms with Gasteiger partial charge < -0.3 is 41.0 Å². The molecule has 1 aromatic heterocycles. The zero-order chi connectivity index (χ0) is 45.0. The Bertz CT molecular complexity index is 3180. The van der Waals surface area contributed by atoms with Crippen molar-refractivity contribution in [3.05, 3.63) is 258 Å². The average Bonchev–Trinajstić information content (AvgIpc) is 3.84. The van der Waals surface area contributed by atoms with Crippen LogP contribution < -0.4 is 41.1 Å². The van der Waals surface area contributed by atoms with Crippen LogP contribution in [0.2, 0.25) is 0 Å². The molecule has 10 rings (SSSR count). The topological polar surface area (TPSA) is 45.2 Å². The van der Waals surface area contributed by atoms with Crippen molar-refractivity contribution in [1.29, 1.82) is 0 Å². The number of anilines is 4. The second-order valence-electron chi connectivity index (χ2n) is 16.1. The summed E-state index contributed by atoms with van der Waals surface area (Å²) in [5.74, 6) is 3.16. The Morgan fingerprint density at radius 1 is 0.776 bits per heavy atom. The normalized spacial score (nSPS) is 19.0. The van der Waals surface area contributed by atoms with E-state index < -0.39 is 0 Å². The van der Waals surface area contributed by atoms with E-state index in [1.807, 2.05) is 75.6 Å². The number of hydrogen-bond acceptors (Lipinski definition) is 6. The smallest absolute Gasteiger partial charge is 0.374 e. The van der Waals surface area contributed by atoms with Gasteiger partial charge in [0.25, 0.3) is 5.52 Å². The number of aryl methyl sites for hydroxylation is 1. The largest absolute Gasteiger partial charge is 1.00 e. The first-order chi connectivity index (χ1) is 32.4. The van der Waals surface area contributed by atoms with Crippen LogP contribution in [0.4, 0.5) is 22.7 Å². The third-order valence-electron chi connectivity index (χ3n) is 11.8. The Labute approximate surface area is 403 Å². The van der Waals surface area contributed by atoms with Crippen LogP contribution in [0.5, 0.6) is 11.5 Å². The first-order valence-electron chi connectivity index (χ1n) is 22.1. The molecule has 0 amide bonds. The highest BCUT2D eigenvalue weighted by atomic mass is 35.5. The van der Waals surface area contributed by atoms with Crippen LogP contribution in [0, 0.1) is 0 Å². The third kappa shape index (κ3) is 9.25. The third-order valence-corrected chi connectivity index (χ3v) is 12.3. The van der Waals surface area contributed by atoms with Crippen molar-refractivity contribution in [3.63, 3.8) is 0 Å². The summed E-state index contributed by atoms with van der Waals surface area (Å²) >= 11 is 7.27. The lowest BCUT2D eigenvalue weighted by molar-refractivity contribution is -0.652. The molecule has 0 bridgehead atoms. The Morgan fingerprint density at radius 2 is 1.52 bits per heavy atom. The zero-order valence-electron chi connectivity index (χ0n) is 37.3. The minimum absolute atomic E-state index is 0. The van der Waals surface area contributed by atoms with Crippen LogP contribution in [0.1, 0.15) is 18.4 Å². The minimum Gasteiger partial charge on any atom is -1.00 e. The maximum Gasteiger partial charge on any atom is 0.374 e. The summed E-state index contributed by atoms with van der Waals surface area (Å²) < 4.78 is 20.7. The van der Waals surface area contributed by atoms with E-state index in [4.69, 9.17) is 25.5 Å². The van der Waals surface area contributed by atoms with Gasteiger partial charge in [0.05, 0.1) is 29.4 Å². The molecule has 1 unspecified atom stereocenters. The van der Waals surface area contributed by atoms with E-state index in [9.17, 15) is 0 Å². The van der Waals surface area contributed by atoms with Gasteiger partial charge in [-0.25, -0.2) is 0 Å². The molecule has 0 saturated carbocycles. The second-order valence-corrected chi connectivity index (χ2v) is 16.5. The summed E-state index contributed by atoms with van der Waals surface area (Å²) in [6, 6.07) is 43.2. The average molecular weight is 920 g/mol. The van der Waals surface area contributed by atoms with Gasteiger partial charge in [0, 0.05) is 59.8 Å². The van der Waals surface area contributed by atoms with E-state index in [-0.39, 0.29) is 17.8 Å². The molecule has 7 nitrogen and oxygen atoms in total. The molecule has 9 heteroatoms. The second kappa shape index (κ2) is 19.8. The fourth-order valence-corrected chi connectivity index (χ4v) is 8.81. The fraction of sp³-hybridized carbons (Fsp3) is 0.0862. The SMILES string of the molecule is CCOc1ccc2c(c1)N(c1ccccc1)/C(=C/C=C/C1=CC=C/C(=C\C=C\C3=CC(=C/c4oc5ccccc5[n+]4C)/C=CN3c3ccccc3)C1Cl)C=C2/C=C1/Oc2ccccc2N1C.[Cl-]. The van der Waals surface area contributed by atoms with Crippen molar-refractivity contribution >= 4 is 57.1 Å². The summed E-state index contributed by atoms with van der Waals surface area (Å²) in [6.07, 6.45) is 31.6. The number of aromatic nitrogens is 1. The van der Waals surface area contributed by atoms with E-state index in [0.29, 0.717) is 6.61 Å². The molecule has 0 N–H and O–H groups in total. The van der Waals surface area contributed by atoms with Gasteiger partial charge in [0.15, 0.2) is 5.75 Å². The summed E-state index contributed by atoms with van der Waals surface area (Å²) in [5, 5.41) is -0.359. The number of para-hydroxylation sites is 6. The Morgan fingerprint density at radius 3 is 2.31 bits per heavy atom. The quantitative estimate of drug-likeness (QED) is 0.101. The standard InChI is InChI=1S/C58H48ClN4O3.ClH/c1-4-64-49-32-33-50-44(39-57-61(3)52-29-12-14-31-55(52)66-57)38-48(63(53(50)40-49)46-24-9-6-10-25-46)27-17-21-43-19-15-18-42(58(43)59)20-16-26-47-36-41(34-35-62(47)45-22-7-5-8-23-45)37-56-60(2)51-28-11-13-30-54(51)65-56;/h5-40,58H,4H2,1-3H3;1H/q+1;/p-1. The summed E-state index contributed by atoms with van der Waals surface area (Å²) in [5.41, 5.74) is 13.1. The van der Waals surface area contributed by atoms with Gasteiger partial charge in [-0.1, -0.05) is 103 Å². The van der Waals surface area contributed by atoms with Crippen molar-refractivity contribution in [2.45, 2.75) is 12.3 Å². The Hall–Kier alpha value is -7.71. The monoisotopic (exact) mass is 918 g/mol. The lowest BCUT2D eigenvalue weighted by Crippen LogP contribution is -3.00. The zero-order valence-corrected chi connectivity index (χ0v) is 38.9. The van der Waals surface area contributed by atoms with Crippen LogP contribution in [0.25, 0.3) is 22.7 Å². The number of hydrogen-bond donors (Lipinski definition) is 0. The molecule has 6 aromatic rings. The van der Waals surface area contributed by atoms with Gasteiger partial charge >= 0.3 is 5.89 Å². The van der Waals surface area contributed by atoms with Crippen molar-refractivity contribution in [2.75, 3.05) is 28.4 Å². The highest BCUT2D eigenvalue weighted by Gasteiger charge is 2.28. The maximum absolute atomic E-state index is 7.27. The lowest BCUT2D eigenvalue weighted by Gasteiger charge is -2.33. The lowest BCUT2D eigenvalue weighted by atomic mass is 9.95. The molecular weight excluding hydrogens is 872 g/mol. The van der Waals surface area contributed by atoms with Crippen molar-refractivity contribution in [3.8, 4) is 11.5 Å². The van der Waals surface area contributed by atoms with Crippen LogP contribution in [0.15, 0.2) is 251 Å². The molecule has 0 spiro atoms. The van der Waals surface area contributed by atoms with Crippen LogP contribution in [-0.2, 0) is 7.05 Å². The van der Waals surface area contributed by atoms with E-state index in [1.165, 1.54) is 0 Å². The maximum atomic E-state index is 7.27. The minimum atomic E-state index is -0.359. The van der Waals surface area contributed by atoms with E-state index >= 15 is 0 Å². The van der Waals surface area contributed by atoms with Gasteiger partial charge in [-0.3, -0.25) is 0 Å². The summed E-state index contributed by atoms with van der Waals surface area (Å²) in [4.78, 5) is 6.53. The molecule has 0 fully saturated rings. The Kier molecular flexibility index (Phi) is 13.2. The molecule has 3 aliphatic heterocycles. The number of oxazole rings is 1. The molecule has 5 aromatic carbocycles. The number of ether oxygens (including phenoxy) is 2. The fourth-order valence-electron chi connectivity index (χ4n) is 8.52. The number of halogens is 2. The van der Waals surface area contributed by atoms with Gasteiger partial charge in [0.2, 0.25) is 11.5 Å². The van der Waals surface area contributed by atoms with Crippen LogP contribution in [0.3, 0.4) is 0 Å². The first kappa shape index (κ1) is 44.5. The predicted octanol–water partition coefficient (Wildman–Crippen LogP) is 10.6. The molecule has 0 saturated heterocycles. The molecule has 0 radical (unpaired) electrons. The van der Waals surface area contributed by atoms with E-state index in [0.717, 1.165) is 96.4 Å². The molecule has 4 heterocycles. The number of nitrogens with zero attached hydrogens (tertiary/aromatic N) is 4.